The summed E-state index contributed by atoms with van der Waals surface area (Å²) in [6.07, 6.45) is 5.35. The van der Waals surface area contributed by atoms with E-state index in [-0.39, 0.29) is 17.4 Å². The second-order valence-corrected chi connectivity index (χ2v) is 4.08. The highest BCUT2D eigenvalue weighted by atomic mass is 19.1. The lowest BCUT2D eigenvalue weighted by Crippen LogP contribution is -2.04. The molecule has 0 aliphatic heterocycles. The number of aromatic nitrogens is 2. The van der Waals surface area contributed by atoms with E-state index in [0.717, 1.165) is 0 Å². The Balaban J connectivity index is 2.98. The van der Waals surface area contributed by atoms with E-state index >= 15 is 0 Å². The van der Waals surface area contributed by atoms with Crippen LogP contribution in [0.2, 0.25) is 0 Å². The van der Waals surface area contributed by atoms with Crippen molar-refractivity contribution in [3.63, 3.8) is 0 Å². The molecule has 0 aliphatic rings. The number of fused-ring (bicyclic) bond motifs is 1. The molecule has 17 heavy (non-hydrogen) atoms. The average Bonchev–Trinajstić information content (AvgIpc) is 2.28. The first-order valence-corrected chi connectivity index (χ1v) is 5.26. The Morgan fingerprint density at radius 2 is 2.06 bits per heavy atom. The molecule has 1 aromatic carbocycles. The zero-order chi connectivity index (χ0) is 12.6. The predicted molar refractivity (Wildman–Crippen MR) is 65.9 cm³/mol. The highest BCUT2D eigenvalue weighted by Crippen LogP contribution is 2.27. The monoisotopic (exact) mass is 229 g/mol. The number of nitrogen functional groups attached to an aromatic ring is 1. The summed E-state index contributed by atoms with van der Waals surface area (Å²) in [4.78, 5) is 8.23. The van der Waals surface area contributed by atoms with Crippen molar-refractivity contribution in [1.29, 1.82) is 0 Å². The van der Waals surface area contributed by atoms with Gasteiger partial charge in [-0.25, -0.2) is 14.4 Å². The van der Waals surface area contributed by atoms with Crippen LogP contribution in [0.3, 0.4) is 0 Å². The van der Waals surface area contributed by atoms with Crippen molar-refractivity contribution in [3.8, 4) is 12.3 Å². The van der Waals surface area contributed by atoms with E-state index in [1.165, 1.54) is 6.07 Å². The normalized spacial score (nSPS) is 10.8. The molecule has 0 fully saturated rings. The largest absolute Gasteiger partial charge is 0.368 e. The van der Waals surface area contributed by atoms with Crippen molar-refractivity contribution in [2.45, 2.75) is 19.8 Å². The molecule has 2 aromatic rings. The van der Waals surface area contributed by atoms with Gasteiger partial charge in [0.1, 0.15) is 5.82 Å². The van der Waals surface area contributed by atoms with Crippen molar-refractivity contribution in [3.05, 3.63) is 29.2 Å². The Morgan fingerprint density at radius 3 is 2.65 bits per heavy atom. The number of nitrogens with zero attached hydrogens (tertiary/aromatic N) is 2. The van der Waals surface area contributed by atoms with Gasteiger partial charge in [0.15, 0.2) is 0 Å². The molecule has 0 saturated heterocycles. The first kappa shape index (κ1) is 11.3. The van der Waals surface area contributed by atoms with E-state index in [2.05, 4.69) is 15.9 Å². The number of hydrogen-bond acceptors (Lipinski definition) is 3. The van der Waals surface area contributed by atoms with E-state index in [1.807, 2.05) is 13.8 Å². The van der Waals surface area contributed by atoms with Gasteiger partial charge in [-0.15, -0.1) is 6.42 Å². The fraction of sp³-hybridized carbons (Fsp3) is 0.231. The van der Waals surface area contributed by atoms with Crippen LogP contribution in [0.25, 0.3) is 10.9 Å². The Morgan fingerprint density at radius 1 is 1.35 bits per heavy atom. The number of hydrogen-bond donors (Lipinski definition) is 1. The molecule has 86 valence electrons. The first-order chi connectivity index (χ1) is 8.04. The lowest BCUT2D eigenvalue weighted by atomic mass is 10.00. The molecule has 1 aromatic heterocycles. The maximum atomic E-state index is 13.6. The van der Waals surface area contributed by atoms with Crippen molar-refractivity contribution in [2.24, 2.45) is 0 Å². The smallest absolute Gasteiger partial charge is 0.220 e. The molecule has 2 rings (SSSR count). The summed E-state index contributed by atoms with van der Waals surface area (Å²) in [7, 11) is 0. The van der Waals surface area contributed by atoms with E-state index in [4.69, 9.17) is 12.2 Å². The molecule has 0 bridgehead atoms. The zero-order valence-corrected chi connectivity index (χ0v) is 9.66. The minimum atomic E-state index is -0.435. The van der Waals surface area contributed by atoms with Gasteiger partial charge in [-0.1, -0.05) is 19.8 Å². The van der Waals surface area contributed by atoms with Crippen LogP contribution in [0, 0.1) is 18.2 Å². The van der Waals surface area contributed by atoms with Gasteiger partial charge in [-0.05, 0) is 18.1 Å². The van der Waals surface area contributed by atoms with Crippen LogP contribution in [0.4, 0.5) is 10.3 Å². The summed E-state index contributed by atoms with van der Waals surface area (Å²) in [5, 5.41) is 0.580. The Bertz CT molecular complexity index is 627. The van der Waals surface area contributed by atoms with E-state index in [0.29, 0.717) is 16.6 Å². The molecule has 0 atom stereocenters. The summed E-state index contributed by atoms with van der Waals surface area (Å²) >= 11 is 0. The van der Waals surface area contributed by atoms with Gasteiger partial charge < -0.3 is 5.73 Å². The highest BCUT2D eigenvalue weighted by molar-refractivity contribution is 5.88. The molecule has 0 unspecified atom stereocenters. The summed E-state index contributed by atoms with van der Waals surface area (Å²) in [6.45, 7) is 3.90. The number of halogens is 1. The third-order valence-electron chi connectivity index (χ3n) is 2.55. The molecular formula is C13H12FN3. The number of anilines is 1. The van der Waals surface area contributed by atoms with Crippen molar-refractivity contribution in [2.75, 3.05) is 5.73 Å². The van der Waals surface area contributed by atoms with Gasteiger partial charge in [0.05, 0.1) is 16.8 Å². The van der Waals surface area contributed by atoms with Crippen LogP contribution < -0.4 is 5.73 Å². The van der Waals surface area contributed by atoms with Crippen molar-refractivity contribution < 1.29 is 4.39 Å². The van der Waals surface area contributed by atoms with Crippen LogP contribution in [0.5, 0.6) is 0 Å². The first-order valence-electron chi connectivity index (χ1n) is 5.26. The second kappa shape index (κ2) is 4.02. The van der Waals surface area contributed by atoms with Crippen molar-refractivity contribution in [1.82, 2.24) is 9.97 Å². The summed E-state index contributed by atoms with van der Waals surface area (Å²) < 4.78 is 13.6. The van der Waals surface area contributed by atoms with Crippen LogP contribution in [-0.4, -0.2) is 9.97 Å². The zero-order valence-electron chi connectivity index (χ0n) is 9.66. The molecule has 0 radical (unpaired) electrons. The maximum absolute atomic E-state index is 13.6. The van der Waals surface area contributed by atoms with Gasteiger partial charge in [0.25, 0.3) is 0 Å². The van der Waals surface area contributed by atoms with E-state index in [9.17, 15) is 4.39 Å². The number of rotatable bonds is 1. The van der Waals surface area contributed by atoms with Gasteiger partial charge in [0.2, 0.25) is 5.95 Å². The quantitative estimate of drug-likeness (QED) is 0.764. The van der Waals surface area contributed by atoms with E-state index < -0.39 is 5.82 Å². The van der Waals surface area contributed by atoms with Gasteiger partial charge in [-0.2, -0.15) is 0 Å². The lowest BCUT2D eigenvalue weighted by molar-refractivity contribution is 0.626. The molecule has 0 saturated carbocycles. The summed E-state index contributed by atoms with van der Waals surface area (Å²) in [5.74, 6) is 2.19. The Kier molecular flexibility index (Phi) is 2.68. The minimum Gasteiger partial charge on any atom is -0.368 e. The van der Waals surface area contributed by atoms with Crippen LogP contribution in [0.15, 0.2) is 12.1 Å². The fourth-order valence-corrected chi connectivity index (χ4v) is 1.81. The molecule has 2 N–H and O–H groups in total. The molecule has 3 nitrogen and oxygen atoms in total. The highest BCUT2D eigenvalue weighted by Gasteiger charge is 2.15. The third-order valence-corrected chi connectivity index (χ3v) is 2.55. The topological polar surface area (TPSA) is 51.8 Å². The summed E-state index contributed by atoms with van der Waals surface area (Å²) in [6, 6.07) is 2.86. The lowest BCUT2D eigenvalue weighted by Gasteiger charge is -2.11. The number of benzene rings is 1. The summed E-state index contributed by atoms with van der Waals surface area (Å²) in [5.41, 5.74) is 7.08. The SMILES string of the molecule is C#Cc1c(F)ccc2nc(N)nc(C(C)C)c12. The molecule has 0 amide bonds. The third kappa shape index (κ3) is 1.80. The maximum Gasteiger partial charge on any atom is 0.220 e. The number of nitrogens with two attached hydrogens (primary N) is 1. The standard InChI is InChI=1S/C13H12FN3/c1-4-8-9(14)5-6-10-11(8)12(7(2)3)17-13(15)16-10/h1,5-7H,2-3H3,(H2,15,16,17). The van der Waals surface area contributed by atoms with E-state index in [1.54, 1.807) is 6.07 Å². The molecule has 4 heteroatoms. The molecule has 0 aliphatic carbocycles. The van der Waals surface area contributed by atoms with Crippen LogP contribution in [0.1, 0.15) is 31.0 Å². The Labute approximate surface area is 98.9 Å². The van der Waals surface area contributed by atoms with Crippen molar-refractivity contribution >= 4 is 16.9 Å². The number of terminal acetylenes is 1. The average molecular weight is 229 g/mol. The van der Waals surface area contributed by atoms with Crippen LogP contribution in [-0.2, 0) is 0 Å². The molecule has 1 heterocycles. The predicted octanol–water partition coefficient (Wildman–Crippen LogP) is 2.46. The molecular weight excluding hydrogens is 217 g/mol. The second-order valence-electron chi connectivity index (χ2n) is 4.08. The van der Waals surface area contributed by atoms with Gasteiger partial charge in [0, 0.05) is 5.39 Å². The Hall–Kier alpha value is -2.15. The molecule has 0 spiro atoms. The van der Waals surface area contributed by atoms with Gasteiger partial charge >= 0.3 is 0 Å². The van der Waals surface area contributed by atoms with Gasteiger partial charge in [-0.3, -0.25) is 0 Å². The minimum absolute atomic E-state index is 0.0942. The fourth-order valence-electron chi connectivity index (χ4n) is 1.81. The van der Waals surface area contributed by atoms with Crippen LogP contribution >= 0.6 is 0 Å².